The fourth-order valence-electron chi connectivity index (χ4n) is 1.92. The Bertz CT molecular complexity index is 688. The molecule has 0 fully saturated rings. The van der Waals surface area contributed by atoms with Gasteiger partial charge in [0.25, 0.3) is 5.91 Å². The van der Waals surface area contributed by atoms with E-state index in [-0.39, 0.29) is 5.91 Å². The Balaban J connectivity index is 2.20. The Morgan fingerprint density at radius 1 is 0.909 bits per heavy atom. The number of carbonyl (C=O) groups is 1. The molecule has 0 bridgehead atoms. The summed E-state index contributed by atoms with van der Waals surface area (Å²) in [7, 11) is 4.68. The summed E-state index contributed by atoms with van der Waals surface area (Å²) in [6.07, 6.45) is 0. The highest BCUT2D eigenvalue weighted by Gasteiger charge is 2.11. The quantitative estimate of drug-likeness (QED) is 0.876. The first-order chi connectivity index (χ1) is 10.6. The lowest BCUT2D eigenvalue weighted by atomic mass is 10.2. The number of hydrogen-bond acceptors (Lipinski definition) is 4. The van der Waals surface area contributed by atoms with Crippen molar-refractivity contribution in [3.05, 3.63) is 46.4 Å². The summed E-state index contributed by atoms with van der Waals surface area (Å²) in [5, 5.41) is 2.81. The third-order valence-corrected chi connectivity index (χ3v) is 3.68. The standard InChI is InChI=1S/C16H16BrNO4/c1-20-13-6-4-10(8-12(13)17)16(19)18-11-5-7-14(21-2)15(9-11)22-3/h4-9H,1-3H3,(H,18,19). The Kier molecular flexibility index (Phi) is 5.27. The van der Waals surface area contributed by atoms with Crippen molar-refractivity contribution in [1.82, 2.24) is 0 Å². The molecule has 2 aromatic rings. The van der Waals surface area contributed by atoms with Gasteiger partial charge in [0.05, 0.1) is 25.8 Å². The molecule has 0 radical (unpaired) electrons. The maximum atomic E-state index is 12.3. The number of methoxy groups -OCH3 is 3. The first-order valence-electron chi connectivity index (χ1n) is 6.46. The van der Waals surface area contributed by atoms with E-state index < -0.39 is 0 Å². The minimum Gasteiger partial charge on any atom is -0.496 e. The number of anilines is 1. The molecule has 0 saturated heterocycles. The highest BCUT2D eigenvalue weighted by Crippen LogP contribution is 2.30. The number of nitrogens with one attached hydrogen (secondary N) is 1. The van der Waals surface area contributed by atoms with E-state index >= 15 is 0 Å². The molecule has 1 amide bonds. The van der Waals surface area contributed by atoms with Gasteiger partial charge in [0, 0.05) is 17.3 Å². The monoisotopic (exact) mass is 365 g/mol. The van der Waals surface area contributed by atoms with Crippen molar-refractivity contribution in [2.45, 2.75) is 0 Å². The average molecular weight is 366 g/mol. The van der Waals surface area contributed by atoms with Crippen LogP contribution in [-0.2, 0) is 0 Å². The molecule has 0 saturated carbocycles. The second-order valence-corrected chi connectivity index (χ2v) is 5.23. The van der Waals surface area contributed by atoms with Gasteiger partial charge >= 0.3 is 0 Å². The van der Waals surface area contributed by atoms with Crippen molar-refractivity contribution in [2.24, 2.45) is 0 Å². The van der Waals surface area contributed by atoms with Gasteiger partial charge in [0.2, 0.25) is 0 Å². The maximum Gasteiger partial charge on any atom is 0.255 e. The number of carbonyl (C=O) groups excluding carboxylic acids is 1. The van der Waals surface area contributed by atoms with Crippen LogP contribution in [0, 0.1) is 0 Å². The van der Waals surface area contributed by atoms with Gasteiger partial charge in [0.15, 0.2) is 11.5 Å². The molecule has 0 aliphatic heterocycles. The predicted molar refractivity (Wildman–Crippen MR) is 88.2 cm³/mol. The molecule has 0 aromatic heterocycles. The van der Waals surface area contributed by atoms with Crippen LogP contribution in [0.4, 0.5) is 5.69 Å². The zero-order chi connectivity index (χ0) is 16.1. The van der Waals surface area contributed by atoms with Gasteiger partial charge in [-0.2, -0.15) is 0 Å². The SMILES string of the molecule is COc1ccc(C(=O)Nc2ccc(OC)c(OC)c2)cc1Br. The van der Waals surface area contributed by atoms with E-state index in [0.29, 0.717) is 28.5 Å². The first-order valence-corrected chi connectivity index (χ1v) is 7.25. The van der Waals surface area contributed by atoms with Crippen LogP contribution in [0.2, 0.25) is 0 Å². The fraction of sp³-hybridized carbons (Fsp3) is 0.188. The van der Waals surface area contributed by atoms with Crippen molar-refractivity contribution in [2.75, 3.05) is 26.6 Å². The minimum absolute atomic E-state index is 0.226. The average Bonchev–Trinajstić information content (AvgIpc) is 2.54. The molecule has 2 aromatic carbocycles. The van der Waals surface area contributed by atoms with E-state index in [4.69, 9.17) is 14.2 Å². The van der Waals surface area contributed by atoms with E-state index in [2.05, 4.69) is 21.2 Å². The van der Waals surface area contributed by atoms with Crippen molar-refractivity contribution in [3.63, 3.8) is 0 Å². The summed E-state index contributed by atoms with van der Waals surface area (Å²) in [6, 6.07) is 10.3. The van der Waals surface area contributed by atoms with Gasteiger partial charge in [-0.3, -0.25) is 4.79 Å². The van der Waals surface area contributed by atoms with Crippen molar-refractivity contribution >= 4 is 27.5 Å². The van der Waals surface area contributed by atoms with Gasteiger partial charge < -0.3 is 19.5 Å². The van der Waals surface area contributed by atoms with Crippen LogP contribution in [-0.4, -0.2) is 27.2 Å². The fourth-order valence-corrected chi connectivity index (χ4v) is 2.47. The molecule has 0 heterocycles. The summed E-state index contributed by atoms with van der Waals surface area (Å²) in [4.78, 5) is 12.3. The number of halogens is 1. The van der Waals surface area contributed by atoms with Gasteiger partial charge in [-0.1, -0.05) is 0 Å². The smallest absolute Gasteiger partial charge is 0.255 e. The normalized spacial score (nSPS) is 10.0. The molecule has 0 atom stereocenters. The number of ether oxygens (including phenoxy) is 3. The lowest BCUT2D eigenvalue weighted by molar-refractivity contribution is 0.102. The zero-order valence-electron chi connectivity index (χ0n) is 12.5. The lowest BCUT2D eigenvalue weighted by Gasteiger charge is -2.11. The van der Waals surface area contributed by atoms with E-state index in [0.717, 1.165) is 4.47 Å². The van der Waals surface area contributed by atoms with E-state index in [1.54, 1.807) is 57.7 Å². The van der Waals surface area contributed by atoms with Gasteiger partial charge in [-0.25, -0.2) is 0 Å². The first kappa shape index (κ1) is 16.2. The third kappa shape index (κ3) is 3.51. The highest BCUT2D eigenvalue weighted by atomic mass is 79.9. The number of rotatable bonds is 5. The van der Waals surface area contributed by atoms with E-state index in [1.165, 1.54) is 0 Å². The second kappa shape index (κ2) is 7.17. The van der Waals surface area contributed by atoms with Gasteiger partial charge in [-0.05, 0) is 46.3 Å². The lowest BCUT2D eigenvalue weighted by Crippen LogP contribution is -2.12. The topological polar surface area (TPSA) is 56.8 Å². The summed E-state index contributed by atoms with van der Waals surface area (Å²) >= 11 is 3.36. The largest absolute Gasteiger partial charge is 0.496 e. The highest BCUT2D eigenvalue weighted by molar-refractivity contribution is 9.10. The van der Waals surface area contributed by atoms with Crippen molar-refractivity contribution in [3.8, 4) is 17.2 Å². The van der Waals surface area contributed by atoms with Crippen LogP contribution in [0.3, 0.4) is 0 Å². The molecule has 22 heavy (non-hydrogen) atoms. The zero-order valence-corrected chi connectivity index (χ0v) is 14.1. The van der Waals surface area contributed by atoms with Crippen LogP contribution in [0.1, 0.15) is 10.4 Å². The molecule has 0 aliphatic rings. The molecule has 5 nitrogen and oxygen atoms in total. The van der Waals surface area contributed by atoms with E-state index in [1.807, 2.05) is 0 Å². The van der Waals surface area contributed by atoms with Crippen molar-refractivity contribution < 1.29 is 19.0 Å². The third-order valence-electron chi connectivity index (χ3n) is 3.06. The minimum atomic E-state index is -0.226. The molecule has 116 valence electrons. The number of benzene rings is 2. The summed E-state index contributed by atoms with van der Waals surface area (Å²) < 4.78 is 16.2. The van der Waals surface area contributed by atoms with Crippen LogP contribution < -0.4 is 19.5 Å². The predicted octanol–water partition coefficient (Wildman–Crippen LogP) is 3.73. The summed E-state index contributed by atoms with van der Waals surface area (Å²) in [6.45, 7) is 0. The molecule has 6 heteroatoms. The van der Waals surface area contributed by atoms with Crippen LogP contribution in [0.15, 0.2) is 40.9 Å². The Morgan fingerprint density at radius 2 is 1.55 bits per heavy atom. The number of hydrogen-bond donors (Lipinski definition) is 1. The summed E-state index contributed by atoms with van der Waals surface area (Å²) in [5.74, 6) is 1.60. The molecule has 0 aliphatic carbocycles. The van der Waals surface area contributed by atoms with Gasteiger partial charge in [-0.15, -0.1) is 0 Å². The van der Waals surface area contributed by atoms with E-state index in [9.17, 15) is 4.79 Å². The van der Waals surface area contributed by atoms with Crippen LogP contribution >= 0.6 is 15.9 Å². The molecule has 1 N–H and O–H groups in total. The molecular formula is C16H16BrNO4. The molecular weight excluding hydrogens is 350 g/mol. The molecule has 2 rings (SSSR count). The van der Waals surface area contributed by atoms with Gasteiger partial charge in [0.1, 0.15) is 5.75 Å². The Labute approximate surface area is 137 Å². The second-order valence-electron chi connectivity index (χ2n) is 4.37. The number of amides is 1. The van der Waals surface area contributed by atoms with Crippen molar-refractivity contribution in [1.29, 1.82) is 0 Å². The maximum absolute atomic E-state index is 12.3. The Morgan fingerprint density at radius 3 is 2.14 bits per heavy atom. The van der Waals surface area contributed by atoms with Crippen LogP contribution in [0.5, 0.6) is 17.2 Å². The molecule has 0 spiro atoms. The summed E-state index contributed by atoms with van der Waals surface area (Å²) in [5.41, 5.74) is 1.14. The Hall–Kier alpha value is -2.21. The molecule has 0 unspecified atom stereocenters. The van der Waals surface area contributed by atoms with Crippen LogP contribution in [0.25, 0.3) is 0 Å².